The van der Waals surface area contributed by atoms with Crippen LogP contribution >= 0.6 is 0 Å². The van der Waals surface area contributed by atoms with Crippen LogP contribution in [0.4, 0.5) is 5.69 Å². The van der Waals surface area contributed by atoms with E-state index >= 15 is 0 Å². The zero-order chi connectivity index (χ0) is 15.6. The molecule has 2 aromatic carbocycles. The van der Waals surface area contributed by atoms with Gasteiger partial charge in [-0.2, -0.15) is 0 Å². The minimum absolute atomic E-state index is 0.123. The molecule has 0 fully saturated rings. The zero-order valence-electron chi connectivity index (χ0n) is 11.6. The molecule has 0 saturated heterocycles. The van der Waals surface area contributed by atoms with Gasteiger partial charge in [-0.1, -0.05) is 18.2 Å². The first-order valence-electron chi connectivity index (χ1n) is 6.21. The number of rotatable bonds is 4. The summed E-state index contributed by atoms with van der Waals surface area (Å²) in [5.74, 6) is -1.42. The Morgan fingerprint density at radius 1 is 1.05 bits per heavy atom. The number of hydrogen-bond acceptors (Lipinski definition) is 4. The minimum Gasteiger partial charge on any atom is -0.545 e. The molecule has 5 nitrogen and oxygen atoms in total. The summed E-state index contributed by atoms with van der Waals surface area (Å²) in [5.41, 5.74) is 2.26. The molecule has 0 aliphatic heterocycles. The van der Waals surface area contributed by atoms with Crippen molar-refractivity contribution in [3.63, 3.8) is 0 Å². The number of aryl methyl sites for hydroxylation is 2. The van der Waals surface area contributed by atoms with Crippen LogP contribution in [0.3, 0.4) is 0 Å². The third-order valence-corrected chi connectivity index (χ3v) is 4.52. The Labute approximate surface area is 123 Å². The van der Waals surface area contributed by atoms with E-state index in [-0.39, 0.29) is 10.5 Å². The van der Waals surface area contributed by atoms with E-state index in [1.165, 1.54) is 18.2 Å². The fraction of sp³-hybridized carbons (Fsp3) is 0.133. The number of aromatic carboxylic acids is 1. The Kier molecular flexibility index (Phi) is 3.99. The molecular weight excluding hydrogens is 290 g/mol. The van der Waals surface area contributed by atoms with Gasteiger partial charge in [0.15, 0.2) is 0 Å². The molecule has 0 amide bonds. The molecule has 0 heterocycles. The molecule has 0 atom stereocenters. The highest BCUT2D eigenvalue weighted by molar-refractivity contribution is 7.92. The molecule has 0 radical (unpaired) electrons. The fourth-order valence-electron chi connectivity index (χ4n) is 1.81. The summed E-state index contributed by atoms with van der Waals surface area (Å²) in [6, 6.07) is 10.2. The number of nitrogens with one attached hydrogen (secondary N) is 1. The van der Waals surface area contributed by atoms with Crippen molar-refractivity contribution in [1.82, 2.24) is 0 Å². The second-order valence-corrected chi connectivity index (χ2v) is 6.40. The van der Waals surface area contributed by atoms with Crippen molar-refractivity contribution in [2.24, 2.45) is 0 Å². The van der Waals surface area contributed by atoms with Gasteiger partial charge in [0, 0.05) is 5.69 Å². The van der Waals surface area contributed by atoms with Crippen molar-refractivity contribution in [3.05, 3.63) is 59.2 Å². The largest absolute Gasteiger partial charge is 0.545 e. The number of hydrogen-bond donors (Lipinski definition) is 1. The van der Waals surface area contributed by atoms with Crippen molar-refractivity contribution in [2.45, 2.75) is 18.7 Å². The van der Waals surface area contributed by atoms with Crippen LogP contribution in [-0.4, -0.2) is 14.4 Å². The molecule has 0 bridgehead atoms. The third-order valence-electron chi connectivity index (χ3n) is 3.14. The molecule has 0 saturated carbocycles. The summed E-state index contributed by atoms with van der Waals surface area (Å²) in [7, 11) is -3.84. The normalized spacial score (nSPS) is 11.1. The van der Waals surface area contributed by atoms with Gasteiger partial charge >= 0.3 is 0 Å². The van der Waals surface area contributed by atoms with Gasteiger partial charge in [-0.15, -0.1) is 0 Å². The molecular formula is C15H14NO4S-. The highest BCUT2D eigenvalue weighted by Gasteiger charge is 2.15. The summed E-state index contributed by atoms with van der Waals surface area (Å²) in [6.07, 6.45) is 0. The molecule has 0 aromatic heterocycles. The predicted molar refractivity (Wildman–Crippen MR) is 77.5 cm³/mol. The van der Waals surface area contributed by atoms with Crippen molar-refractivity contribution < 1.29 is 18.3 Å². The number of carbonyl (C=O) groups excluding carboxylic acids is 1. The Hall–Kier alpha value is -2.34. The maximum Gasteiger partial charge on any atom is 0.261 e. The van der Waals surface area contributed by atoms with Crippen LogP contribution in [0.2, 0.25) is 0 Å². The van der Waals surface area contributed by atoms with Gasteiger partial charge in [0.1, 0.15) is 0 Å². The van der Waals surface area contributed by atoms with E-state index in [0.29, 0.717) is 5.69 Å². The average molecular weight is 304 g/mol. The topological polar surface area (TPSA) is 86.3 Å². The Morgan fingerprint density at radius 3 is 2.38 bits per heavy atom. The molecule has 0 unspecified atom stereocenters. The maximum absolute atomic E-state index is 12.2. The van der Waals surface area contributed by atoms with Crippen molar-refractivity contribution in [3.8, 4) is 0 Å². The lowest BCUT2D eigenvalue weighted by atomic mass is 10.1. The van der Waals surface area contributed by atoms with E-state index in [9.17, 15) is 18.3 Å². The molecule has 6 heteroatoms. The van der Waals surface area contributed by atoms with E-state index < -0.39 is 16.0 Å². The fourth-order valence-corrected chi connectivity index (χ4v) is 2.90. The van der Waals surface area contributed by atoms with Gasteiger partial charge in [0.2, 0.25) is 0 Å². The highest BCUT2D eigenvalue weighted by atomic mass is 32.2. The Balaban J connectivity index is 2.36. The van der Waals surface area contributed by atoms with Gasteiger partial charge in [0.25, 0.3) is 10.0 Å². The predicted octanol–water partition coefficient (Wildman–Crippen LogP) is 1.47. The quantitative estimate of drug-likeness (QED) is 0.926. The van der Waals surface area contributed by atoms with E-state index in [2.05, 4.69) is 4.72 Å². The van der Waals surface area contributed by atoms with Crippen LogP contribution in [0.1, 0.15) is 21.5 Å². The van der Waals surface area contributed by atoms with E-state index in [1.807, 2.05) is 19.9 Å². The first-order chi connectivity index (χ1) is 9.79. The van der Waals surface area contributed by atoms with E-state index in [1.54, 1.807) is 12.1 Å². The smallest absolute Gasteiger partial charge is 0.261 e. The second kappa shape index (κ2) is 5.57. The van der Waals surface area contributed by atoms with Crippen molar-refractivity contribution in [1.29, 1.82) is 0 Å². The molecule has 2 rings (SSSR count). The van der Waals surface area contributed by atoms with Crippen LogP contribution in [-0.2, 0) is 10.0 Å². The maximum atomic E-state index is 12.2. The van der Waals surface area contributed by atoms with Gasteiger partial charge < -0.3 is 9.90 Å². The minimum atomic E-state index is -3.84. The first kappa shape index (κ1) is 15.1. The van der Waals surface area contributed by atoms with Gasteiger partial charge in [-0.25, -0.2) is 8.42 Å². The summed E-state index contributed by atoms with van der Waals surface area (Å²) >= 11 is 0. The van der Waals surface area contributed by atoms with Gasteiger partial charge in [-0.05, 0) is 54.8 Å². The molecule has 110 valence electrons. The lowest BCUT2D eigenvalue weighted by Crippen LogP contribution is -2.23. The van der Waals surface area contributed by atoms with Crippen molar-refractivity contribution >= 4 is 21.7 Å². The number of carboxylic acid groups (broad SMARTS) is 1. The molecule has 0 aliphatic carbocycles. The monoisotopic (exact) mass is 304 g/mol. The number of benzene rings is 2. The summed E-state index contributed by atoms with van der Waals surface area (Å²) in [4.78, 5) is 10.7. The summed E-state index contributed by atoms with van der Waals surface area (Å²) in [5, 5.41) is 10.8. The molecule has 0 aliphatic rings. The molecule has 1 N–H and O–H groups in total. The SMILES string of the molecule is Cc1ccc(NS(=O)(=O)c2cccc(C(=O)[O-])c2)cc1C. The Bertz CT molecular complexity index is 797. The van der Waals surface area contributed by atoms with Crippen molar-refractivity contribution in [2.75, 3.05) is 4.72 Å². The van der Waals surface area contributed by atoms with E-state index in [0.717, 1.165) is 17.2 Å². The summed E-state index contributed by atoms with van der Waals surface area (Å²) in [6.45, 7) is 3.81. The van der Waals surface area contributed by atoms with Gasteiger partial charge in [0.05, 0.1) is 10.9 Å². The first-order valence-corrected chi connectivity index (χ1v) is 7.69. The lowest BCUT2D eigenvalue weighted by Gasteiger charge is -2.11. The molecule has 0 spiro atoms. The van der Waals surface area contributed by atoms with Crippen LogP contribution in [0.15, 0.2) is 47.4 Å². The third kappa shape index (κ3) is 3.41. The second-order valence-electron chi connectivity index (χ2n) is 4.72. The average Bonchev–Trinajstić information content (AvgIpc) is 2.43. The standard InChI is InChI=1S/C15H15NO4S/c1-10-6-7-13(8-11(10)2)16-21(19,20)14-5-3-4-12(9-14)15(17)18/h3-9,16H,1-2H3,(H,17,18)/p-1. The number of carboxylic acids is 1. The summed E-state index contributed by atoms with van der Waals surface area (Å²) < 4.78 is 26.9. The van der Waals surface area contributed by atoms with Crippen LogP contribution in [0.5, 0.6) is 0 Å². The van der Waals surface area contributed by atoms with Crippen LogP contribution < -0.4 is 9.83 Å². The molecule has 2 aromatic rings. The lowest BCUT2D eigenvalue weighted by molar-refractivity contribution is -0.255. The number of carbonyl (C=O) groups is 1. The number of anilines is 1. The Morgan fingerprint density at radius 2 is 1.76 bits per heavy atom. The van der Waals surface area contributed by atoms with E-state index in [4.69, 9.17) is 0 Å². The highest BCUT2D eigenvalue weighted by Crippen LogP contribution is 2.19. The molecule has 21 heavy (non-hydrogen) atoms. The zero-order valence-corrected chi connectivity index (χ0v) is 12.4. The van der Waals surface area contributed by atoms with Gasteiger partial charge in [-0.3, -0.25) is 4.72 Å². The van der Waals surface area contributed by atoms with Crippen LogP contribution in [0.25, 0.3) is 0 Å². The van der Waals surface area contributed by atoms with Crippen LogP contribution in [0, 0.1) is 13.8 Å². The number of sulfonamides is 1.